The molecule has 0 saturated carbocycles. The maximum atomic E-state index is 10.7. The van der Waals surface area contributed by atoms with Gasteiger partial charge in [0.1, 0.15) is 5.82 Å². The summed E-state index contributed by atoms with van der Waals surface area (Å²) in [7, 11) is 0. The molecule has 4 nitrogen and oxygen atoms in total. The van der Waals surface area contributed by atoms with Crippen molar-refractivity contribution in [1.82, 2.24) is 9.97 Å². The van der Waals surface area contributed by atoms with Crippen molar-refractivity contribution in [2.24, 2.45) is 0 Å². The lowest BCUT2D eigenvalue weighted by Crippen LogP contribution is -1.99. The SMILES string of the molecule is O=C(O)Cc1ccc2nc(-c3ccccc3Cl)[nH]c2c1. The van der Waals surface area contributed by atoms with E-state index in [-0.39, 0.29) is 6.42 Å². The van der Waals surface area contributed by atoms with Gasteiger partial charge in [-0.25, -0.2) is 4.98 Å². The molecule has 100 valence electrons. The van der Waals surface area contributed by atoms with Crippen LogP contribution in [0.4, 0.5) is 0 Å². The molecule has 5 heteroatoms. The molecule has 0 bridgehead atoms. The molecule has 0 aliphatic carbocycles. The van der Waals surface area contributed by atoms with E-state index in [9.17, 15) is 4.79 Å². The summed E-state index contributed by atoms with van der Waals surface area (Å²) in [6.45, 7) is 0. The summed E-state index contributed by atoms with van der Waals surface area (Å²) < 4.78 is 0. The lowest BCUT2D eigenvalue weighted by molar-refractivity contribution is -0.136. The van der Waals surface area contributed by atoms with Crippen LogP contribution in [-0.4, -0.2) is 21.0 Å². The Kier molecular flexibility index (Phi) is 3.16. The number of hydrogen-bond acceptors (Lipinski definition) is 2. The predicted octanol–water partition coefficient (Wildman–Crippen LogP) is 3.51. The van der Waals surface area contributed by atoms with Gasteiger partial charge in [-0.05, 0) is 29.8 Å². The van der Waals surface area contributed by atoms with Gasteiger partial charge in [0.15, 0.2) is 0 Å². The van der Waals surface area contributed by atoms with E-state index in [1.54, 1.807) is 18.2 Å². The van der Waals surface area contributed by atoms with Crippen LogP contribution in [0.15, 0.2) is 42.5 Å². The fourth-order valence-electron chi connectivity index (χ4n) is 2.12. The molecule has 0 aliphatic rings. The standard InChI is InChI=1S/C15H11ClN2O2/c16-11-4-2-1-3-10(11)15-17-12-6-5-9(8-14(19)20)7-13(12)18-15/h1-7H,8H2,(H,17,18)(H,19,20). The second-order valence-corrected chi connectivity index (χ2v) is 4.89. The van der Waals surface area contributed by atoms with Crippen molar-refractivity contribution in [3.05, 3.63) is 53.1 Å². The highest BCUT2D eigenvalue weighted by Crippen LogP contribution is 2.27. The maximum absolute atomic E-state index is 10.7. The summed E-state index contributed by atoms with van der Waals surface area (Å²) in [6, 6.07) is 12.8. The average Bonchev–Trinajstić information content (AvgIpc) is 2.81. The minimum absolute atomic E-state index is 0.00358. The van der Waals surface area contributed by atoms with Crippen LogP contribution in [-0.2, 0) is 11.2 Å². The number of aromatic nitrogens is 2. The third kappa shape index (κ3) is 2.38. The number of carboxylic acid groups (broad SMARTS) is 1. The molecule has 2 N–H and O–H groups in total. The molecule has 0 amide bonds. The third-order valence-electron chi connectivity index (χ3n) is 3.03. The van der Waals surface area contributed by atoms with Crippen LogP contribution in [0.2, 0.25) is 5.02 Å². The Labute approximate surface area is 120 Å². The van der Waals surface area contributed by atoms with Crippen molar-refractivity contribution in [1.29, 1.82) is 0 Å². The Balaban J connectivity index is 2.07. The Bertz CT molecular complexity index is 795. The van der Waals surface area contributed by atoms with Gasteiger partial charge in [-0.1, -0.05) is 29.8 Å². The number of hydrogen-bond donors (Lipinski definition) is 2. The highest BCUT2D eigenvalue weighted by atomic mass is 35.5. The van der Waals surface area contributed by atoms with E-state index < -0.39 is 5.97 Å². The fourth-order valence-corrected chi connectivity index (χ4v) is 2.35. The quantitative estimate of drug-likeness (QED) is 0.774. The van der Waals surface area contributed by atoms with Gasteiger partial charge in [-0.15, -0.1) is 0 Å². The van der Waals surface area contributed by atoms with E-state index in [1.165, 1.54) is 0 Å². The number of carbonyl (C=O) groups is 1. The Hall–Kier alpha value is -2.33. The molecule has 3 rings (SSSR count). The van der Waals surface area contributed by atoms with E-state index in [0.29, 0.717) is 10.8 Å². The number of benzene rings is 2. The molecular formula is C15H11ClN2O2. The average molecular weight is 287 g/mol. The molecule has 3 aromatic rings. The molecular weight excluding hydrogens is 276 g/mol. The van der Waals surface area contributed by atoms with Crippen LogP contribution in [0, 0.1) is 0 Å². The smallest absolute Gasteiger partial charge is 0.307 e. The molecule has 0 saturated heterocycles. The van der Waals surface area contributed by atoms with Gasteiger partial charge in [-0.3, -0.25) is 4.79 Å². The second-order valence-electron chi connectivity index (χ2n) is 4.49. The zero-order chi connectivity index (χ0) is 14.1. The van der Waals surface area contributed by atoms with Crippen molar-refractivity contribution in [2.45, 2.75) is 6.42 Å². The van der Waals surface area contributed by atoms with Crippen LogP contribution >= 0.6 is 11.6 Å². The normalized spacial score (nSPS) is 10.8. The first-order valence-corrected chi connectivity index (χ1v) is 6.46. The molecule has 0 atom stereocenters. The van der Waals surface area contributed by atoms with Gasteiger partial charge in [-0.2, -0.15) is 0 Å². The summed E-state index contributed by atoms with van der Waals surface area (Å²) >= 11 is 6.15. The minimum Gasteiger partial charge on any atom is -0.481 e. The van der Waals surface area contributed by atoms with Crippen LogP contribution in [0.1, 0.15) is 5.56 Å². The third-order valence-corrected chi connectivity index (χ3v) is 3.36. The van der Waals surface area contributed by atoms with E-state index >= 15 is 0 Å². The summed E-state index contributed by atoms with van der Waals surface area (Å²) in [4.78, 5) is 18.4. The van der Waals surface area contributed by atoms with Crippen LogP contribution in [0.5, 0.6) is 0 Å². The van der Waals surface area contributed by atoms with Crippen molar-refractivity contribution in [2.75, 3.05) is 0 Å². The monoisotopic (exact) mass is 286 g/mol. The van der Waals surface area contributed by atoms with Gasteiger partial charge >= 0.3 is 5.97 Å². The molecule has 1 aromatic heterocycles. The molecule has 2 aromatic carbocycles. The maximum Gasteiger partial charge on any atom is 0.307 e. The van der Waals surface area contributed by atoms with E-state index in [4.69, 9.17) is 16.7 Å². The summed E-state index contributed by atoms with van der Waals surface area (Å²) in [5.74, 6) is -0.173. The number of imidazole rings is 1. The first kappa shape index (κ1) is 12.7. The zero-order valence-corrected chi connectivity index (χ0v) is 11.2. The van der Waals surface area contributed by atoms with E-state index in [0.717, 1.165) is 22.2 Å². The van der Waals surface area contributed by atoms with Gasteiger partial charge < -0.3 is 10.1 Å². The molecule has 0 unspecified atom stereocenters. The molecule has 1 heterocycles. The van der Waals surface area contributed by atoms with Crippen molar-refractivity contribution >= 4 is 28.6 Å². The van der Waals surface area contributed by atoms with Crippen molar-refractivity contribution in [3.63, 3.8) is 0 Å². The minimum atomic E-state index is -0.852. The Morgan fingerprint density at radius 3 is 2.80 bits per heavy atom. The number of aliphatic carboxylic acids is 1. The summed E-state index contributed by atoms with van der Waals surface area (Å²) in [6.07, 6.45) is -0.00358. The van der Waals surface area contributed by atoms with Gasteiger partial charge in [0.05, 0.1) is 22.5 Å². The number of carboxylic acids is 1. The Morgan fingerprint density at radius 1 is 1.25 bits per heavy atom. The number of rotatable bonds is 3. The number of nitrogens with one attached hydrogen (secondary N) is 1. The molecule has 20 heavy (non-hydrogen) atoms. The largest absolute Gasteiger partial charge is 0.481 e. The fraction of sp³-hybridized carbons (Fsp3) is 0.0667. The van der Waals surface area contributed by atoms with E-state index in [2.05, 4.69) is 9.97 Å². The van der Waals surface area contributed by atoms with Crippen molar-refractivity contribution in [3.8, 4) is 11.4 Å². The lowest BCUT2D eigenvalue weighted by atomic mass is 10.1. The number of nitrogens with zero attached hydrogens (tertiary/aromatic N) is 1. The van der Waals surface area contributed by atoms with Crippen LogP contribution in [0.3, 0.4) is 0 Å². The van der Waals surface area contributed by atoms with Gasteiger partial charge in [0.2, 0.25) is 0 Å². The first-order chi connectivity index (χ1) is 9.63. The van der Waals surface area contributed by atoms with Gasteiger partial charge in [0, 0.05) is 5.56 Å². The number of aromatic amines is 1. The second kappa shape index (κ2) is 4.98. The number of halogens is 1. The predicted molar refractivity (Wildman–Crippen MR) is 77.9 cm³/mol. The van der Waals surface area contributed by atoms with Crippen LogP contribution < -0.4 is 0 Å². The molecule has 0 aliphatic heterocycles. The van der Waals surface area contributed by atoms with Crippen molar-refractivity contribution < 1.29 is 9.90 Å². The zero-order valence-electron chi connectivity index (χ0n) is 10.4. The van der Waals surface area contributed by atoms with Crippen LogP contribution in [0.25, 0.3) is 22.4 Å². The summed E-state index contributed by atoms with van der Waals surface area (Å²) in [5.41, 5.74) is 3.15. The highest BCUT2D eigenvalue weighted by molar-refractivity contribution is 6.33. The molecule has 0 radical (unpaired) electrons. The van der Waals surface area contributed by atoms with E-state index in [1.807, 2.05) is 24.3 Å². The molecule has 0 fully saturated rings. The topological polar surface area (TPSA) is 66.0 Å². The Morgan fingerprint density at radius 2 is 2.05 bits per heavy atom. The van der Waals surface area contributed by atoms with Gasteiger partial charge in [0.25, 0.3) is 0 Å². The lowest BCUT2D eigenvalue weighted by Gasteiger charge is -1.98. The first-order valence-electron chi connectivity index (χ1n) is 6.09. The highest BCUT2D eigenvalue weighted by Gasteiger charge is 2.09. The number of fused-ring (bicyclic) bond motifs is 1. The number of H-pyrrole nitrogens is 1. The summed E-state index contributed by atoms with van der Waals surface area (Å²) in [5, 5.41) is 9.44. The molecule has 0 spiro atoms.